The standard InChI is InChI=1S/C13H15N5O/c1-18(2)11-6-4-3-5-9(11)17-13(19)10-7-15-8-12(14)16-10/h3-8H,1-2H3,(H2,14,16)(H,17,19). The predicted molar refractivity (Wildman–Crippen MR) is 75.2 cm³/mol. The van der Waals surface area contributed by atoms with Crippen molar-refractivity contribution in [3.63, 3.8) is 0 Å². The van der Waals surface area contributed by atoms with E-state index in [1.165, 1.54) is 12.4 Å². The lowest BCUT2D eigenvalue weighted by atomic mass is 10.2. The summed E-state index contributed by atoms with van der Waals surface area (Å²) in [6.45, 7) is 0. The molecule has 1 aromatic carbocycles. The van der Waals surface area contributed by atoms with E-state index in [-0.39, 0.29) is 17.4 Å². The molecule has 1 heterocycles. The minimum atomic E-state index is -0.339. The zero-order valence-corrected chi connectivity index (χ0v) is 10.8. The Labute approximate surface area is 111 Å². The maximum atomic E-state index is 12.1. The molecule has 0 saturated carbocycles. The number of hydrogen-bond acceptors (Lipinski definition) is 5. The summed E-state index contributed by atoms with van der Waals surface area (Å²) in [6, 6.07) is 7.51. The Kier molecular flexibility index (Phi) is 3.61. The summed E-state index contributed by atoms with van der Waals surface area (Å²) in [5, 5.41) is 2.80. The molecule has 3 N–H and O–H groups in total. The lowest BCUT2D eigenvalue weighted by Gasteiger charge is -2.17. The third-order valence-electron chi connectivity index (χ3n) is 2.52. The van der Waals surface area contributed by atoms with Crippen LogP contribution in [0.3, 0.4) is 0 Å². The van der Waals surface area contributed by atoms with E-state index in [1.54, 1.807) is 0 Å². The van der Waals surface area contributed by atoms with Gasteiger partial charge in [-0.25, -0.2) is 4.98 Å². The van der Waals surface area contributed by atoms with Crippen molar-refractivity contribution in [1.82, 2.24) is 9.97 Å². The van der Waals surface area contributed by atoms with E-state index in [1.807, 2.05) is 43.3 Å². The lowest BCUT2D eigenvalue weighted by molar-refractivity contribution is 0.102. The number of aromatic nitrogens is 2. The fourth-order valence-electron chi connectivity index (χ4n) is 1.65. The number of nitrogens with one attached hydrogen (secondary N) is 1. The minimum Gasteiger partial charge on any atom is -0.382 e. The van der Waals surface area contributed by atoms with Crippen LogP contribution < -0.4 is 16.0 Å². The molecule has 0 spiro atoms. The molecule has 0 saturated heterocycles. The molecule has 0 aliphatic carbocycles. The molecule has 0 aliphatic heterocycles. The molecule has 1 aromatic heterocycles. The zero-order chi connectivity index (χ0) is 13.8. The number of benzene rings is 1. The number of amides is 1. The van der Waals surface area contributed by atoms with Gasteiger partial charge in [0.05, 0.1) is 23.8 Å². The van der Waals surface area contributed by atoms with Gasteiger partial charge in [0.1, 0.15) is 11.5 Å². The molecule has 2 rings (SSSR count). The van der Waals surface area contributed by atoms with Crippen molar-refractivity contribution < 1.29 is 4.79 Å². The Balaban J connectivity index is 2.24. The van der Waals surface area contributed by atoms with Crippen LogP contribution in [0, 0.1) is 0 Å². The average Bonchev–Trinajstić information content (AvgIpc) is 2.39. The van der Waals surface area contributed by atoms with Gasteiger partial charge < -0.3 is 16.0 Å². The molecule has 2 aromatic rings. The monoisotopic (exact) mass is 257 g/mol. The molecule has 0 unspecified atom stereocenters. The van der Waals surface area contributed by atoms with E-state index in [0.717, 1.165) is 5.69 Å². The second kappa shape index (κ2) is 5.34. The van der Waals surface area contributed by atoms with Crippen molar-refractivity contribution in [2.24, 2.45) is 0 Å². The van der Waals surface area contributed by atoms with Crippen LogP contribution in [0.25, 0.3) is 0 Å². The van der Waals surface area contributed by atoms with Gasteiger partial charge in [0.15, 0.2) is 0 Å². The second-order valence-electron chi connectivity index (χ2n) is 4.19. The fraction of sp³-hybridized carbons (Fsp3) is 0.154. The average molecular weight is 257 g/mol. The summed E-state index contributed by atoms with van der Waals surface area (Å²) in [4.78, 5) is 21.7. The van der Waals surface area contributed by atoms with Gasteiger partial charge in [-0.15, -0.1) is 0 Å². The third kappa shape index (κ3) is 2.98. The van der Waals surface area contributed by atoms with Crippen LogP contribution in [0.5, 0.6) is 0 Å². The number of nitrogens with zero attached hydrogens (tertiary/aromatic N) is 3. The number of hydrogen-bond donors (Lipinski definition) is 2. The SMILES string of the molecule is CN(C)c1ccccc1NC(=O)c1cncc(N)n1. The van der Waals surface area contributed by atoms with Crippen LogP contribution in [0.1, 0.15) is 10.5 Å². The van der Waals surface area contributed by atoms with Gasteiger partial charge in [0.2, 0.25) is 0 Å². The van der Waals surface area contributed by atoms with E-state index in [0.29, 0.717) is 5.69 Å². The van der Waals surface area contributed by atoms with Gasteiger partial charge in [-0.3, -0.25) is 9.78 Å². The largest absolute Gasteiger partial charge is 0.382 e. The highest BCUT2D eigenvalue weighted by Gasteiger charge is 2.11. The van der Waals surface area contributed by atoms with E-state index in [9.17, 15) is 4.79 Å². The van der Waals surface area contributed by atoms with E-state index in [4.69, 9.17) is 5.73 Å². The number of nitrogen functional groups attached to an aromatic ring is 1. The third-order valence-corrected chi connectivity index (χ3v) is 2.52. The number of carbonyl (C=O) groups excluding carboxylic acids is 1. The zero-order valence-electron chi connectivity index (χ0n) is 10.8. The van der Waals surface area contributed by atoms with Gasteiger partial charge in [-0.05, 0) is 12.1 Å². The Morgan fingerprint density at radius 1 is 1.26 bits per heavy atom. The van der Waals surface area contributed by atoms with Crippen LogP contribution in [0.4, 0.5) is 17.2 Å². The number of rotatable bonds is 3. The topological polar surface area (TPSA) is 84.1 Å². The van der Waals surface area contributed by atoms with Crippen LogP contribution in [0.2, 0.25) is 0 Å². The summed E-state index contributed by atoms with van der Waals surface area (Å²) < 4.78 is 0. The lowest BCUT2D eigenvalue weighted by Crippen LogP contribution is -2.18. The molecule has 6 heteroatoms. The summed E-state index contributed by atoms with van der Waals surface area (Å²) >= 11 is 0. The maximum absolute atomic E-state index is 12.1. The first-order valence-electron chi connectivity index (χ1n) is 5.73. The van der Waals surface area contributed by atoms with Gasteiger partial charge in [-0.1, -0.05) is 12.1 Å². The Morgan fingerprint density at radius 2 is 2.00 bits per heavy atom. The molecule has 0 bridgehead atoms. The van der Waals surface area contributed by atoms with Gasteiger partial charge in [-0.2, -0.15) is 0 Å². The van der Waals surface area contributed by atoms with Crippen LogP contribution in [-0.2, 0) is 0 Å². The molecule has 0 fully saturated rings. The van der Waals surface area contributed by atoms with Gasteiger partial charge in [0, 0.05) is 14.1 Å². The summed E-state index contributed by atoms with van der Waals surface area (Å²) in [5.74, 6) is -0.123. The highest BCUT2D eigenvalue weighted by Crippen LogP contribution is 2.23. The first kappa shape index (κ1) is 12.8. The fourth-order valence-corrected chi connectivity index (χ4v) is 1.65. The normalized spacial score (nSPS) is 10.0. The summed E-state index contributed by atoms with van der Waals surface area (Å²) in [7, 11) is 3.82. The van der Waals surface area contributed by atoms with E-state index in [2.05, 4.69) is 15.3 Å². The molecule has 1 amide bonds. The number of nitrogens with two attached hydrogens (primary N) is 1. The highest BCUT2D eigenvalue weighted by molar-refractivity contribution is 6.04. The Bertz CT molecular complexity index is 597. The molecule has 0 radical (unpaired) electrons. The number of carbonyl (C=O) groups is 1. The molecule has 0 aliphatic rings. The van der Waals surface area contributed by atoms with Crippen molar-refractivity contribution in [1.29, 1.82) is 0 Å². The summed E-state index contributed by atoms with van der Waals surface area (Å²) in [5.41, 5.74) is 7.31. The van der Waals surface area contributed by atoms with Crippen molar-refractivity contribution in [2.75, 3.05) is 30.0 Å². The predicted octanol–water partition coefficient (Wildman–Crippen LogP) is 1.38. The second-order valence-corrected chi connectivity index (χ2v) is 4.19. The number of anilines is 3. The number of para-hydroxylation sites is 2. The molecule has 19 heavy (non-hydrogen) atoms. The Morgan fingerprint density at radius 3 is 2.68 bits per heavy atom. The maximum Gasteiger partial charge on any atom is 0.276 e. The van der Waals surface area contributed by atoms with Crippen LogP contribution in [-0.4, -0.2) is 30.0 Å². The quantitative estimate of drug-likeness (QED) is 0.867. The minimum absolute atomic E-state index is 0.188. The van der Waals surface area contributed by atoms with E-state index >= 15 is 0 Å². The van der Waals surface area contributed by atoms with Crippen molar-refractivity contribution in [3.8, 4) is 0 Å². The van der Waals surface area contributed by atoms with Crippen molar-refractivity contribution in [3.05, 3.63) is 42.4 Å². The summed E-state index contributed by atoms with van der Waals surface area (Å²) in [6.07, 6.45) is 2.77. The molecule has 6 nitrogen and oxygen atoms in total. The van der Waals surface area contributed by atoms with Crippen LogP contribution in [0.15, 0.2) is 36.7 Å². The van der Waals surface area contributed by atoms with E-state index < -0.39 is 0 Å². The highest BCUT2D eigenvalue weighted by atomic mass is 16.1. The first-order valence-corrected chi connectivity index (χ1v) is 5.73. The molecular formula is C13H15N5O. The van der Waals surface area contributed by atoms with Gasteiger partial charge in [0.25, 0.3) is 5.91 Å². The molecule has 98 valence electrons. The van der Waals surface area contributed by atoms with Crippen LogP contribution >= 0.6 is 0 Å². The smallest absolute Gasteiger partial charge is 0.276 e. The Hall–Kier alpha value is -2.63. The molecular weight excluding hydrogens is 242 g/mol. The first-order chi connectivity index (χ1) is 9.08. The van der Waals surface area contributed by atoms with Crippen molar-refractivity contribution in [2.45, 2.75) is 0 Å². The molecule has 0 atom stereocenters. The van der Waals surface area contributed by atoms with Crippen molar-refractivity contribution >= 4 is 23.1 Å². The van der Waals surface area contributed by atoms with Gasteiger partial charge >= 0.3 is 0 Å².